The molecule has 6 heteroatoms. The Morgan fingerprint density at radius 3 is 2.44 bits per heavy atom. The average molecular weight is 457 g/mol. The van der Waals surface area contributed by atoms with Gasteiger partial charge in [-0.3, -0.25) is 4.79 Å². The topological polar surface area (TPSA) is 40.9 Å². The molecule has 174 valence electrons. The minimum Gasteiger partial charge on any atom is -0.366 e. The predicted octanol–water partition coefficient (Wildman–Crippen LogP) is 4.96. The second-order valence-electron chi connectivity index (χ2n) is 9.13. The zero-order valence-corrected chi connectivity index (χ0v) is 19.9. The number of carbonyl (C=O) groups excluding carboxylic acids is 1. The molecule has 0 spiro atoms. The number of nitrogens with zero attached hydrogens (tertiary/aromatic N) is 4. The van der Waals surface area contributed by atoms with Gasteiger partial charge in [0.1, 0.15) is 11.5 Å². The number of pyridine rings is 1. The summed E-state index contributed by atoms with van der Waals surface area (Å²) in [5.41, 5.74) is 7.79. The van der Waals surface area contributed by atoms with Crippen molar-refractivity contribution in [1.29, 1.82) is 0 Å². The smallest absolute Gasteiger partial charge is 0.228 e. The number of benzene rings is 2. The van der Waals surface area contributed by atoms with E-state index in [0.29, 0.717) is 31.9 Å². The molecule has 0 atom stereocenters. The van der Waals surface area contributed by atoms with Crippen molar-refractivity contribution in [2.45, 2.75) is 27.2 Å². The van der Waals surface area contributed by atoms with Crippen LogP contribution in [0.2, 0.25) is 0 Å². The lowest BCUT2D eigenvalue weighted by molar-refractivity contribution is -0.130. The van der Waals surface area contributed by atoms with Crippen LogP contribution in [-0.2, 0) is 11.2 Å². The number of aromatic nitrogens is 2. The Balaban J connectivity index is 1.40. The normalized spacial score (nSPS) is 14.1. The van der Waals surface area contributed by atoms with Crippen molar-refractivity contribution in [2.24, 2.45) is 0 Å². The van der Waals surface area contributed by atoms with Gasteiger partial charge >= 0.3 is 0 Å². The summed E-state index contributed by atoms with van der Waals surface area (Å²) in [6.07, 6.45) is 2.27. The third-order valence-corrected chi connectivity index (χ3v) is 6.81. The standard InChI is InChI=1S/C28H29FN4O/c1-19-10-11-33-25(28(30-26(33)16-19)22-9-8-20(2)21(3)17-22)18-27(34)32-14-12-31(13-15-32)24-7-5-4-6-23(24)29/h4-11,16-17H,12-15,18H2,1-3H3. The summed E-state index contributed by atoms with van der Waals surface area (Å²) in [6.45, 7) is 8.61. The molecule has 0 saturated carbocycles. The number of fused-ring (bicyclic) bond motifs is 1. The lowest BCUT2D eigenvalue weighted by Gasteiger charge is -2.36. The first-order chi connectivity index (χ1) is 16.4. The van der Waals surface area contributed by atoms with Crippen molar-refractivity contribution in [2.75, 3.05) is 31.1 Å². The maximum absolute atomic E-state index is 14.2. The summed E-state index contributed by atoms with van der Waals surface area (Å²) in [7, 11) is 0. The Labute approximate surface area is 199 Å². The lowest BCUT2D eigenvalue weighted by atomic mass is 10.0. The van der Waals surface area contributed by atoms with E-state index in [4.69, 9.17) is 4.98 Å². The van der Waals surface area contributed by atoms with E-state index >= 15 is 0 Å². The lowest BCUT2D eigenvalue weighted by Crippen LogP contribution is -2.49. The van der Waals surface area contributed by atoms with E-state index in [1.807, 2.05) is 45.5 Å². The molecule has 1 aliphatic rings. The highest BCUT2D eigenvalue weighted by molar-refractivity contribution is 5.82. The second-order valence-corrected chi connectivity index (χ2v) is 9.13. The minimum atomic E-state index is -0.221. The van der Waals surface area contributed by atoms with Crippen molar-refractivity contribution >= 4 is 17.2 Å². The fourth-order valence-electron chi connectivity index (χ4n) is 4.65. The number of piperazine rings is 1. The molecule has 1 saturated heterocycles. The van der Waals surface area contributed by atoms with Crippen LogP contribution in [0.15, 0.2) is 60.8 Å². The van der Waals surface area contributed by atoms with E-state index in [1.165, 1.54) is 17.2 Å². The van der Waals surface area contributed by atoms with E-state index < -0.39 is 0 Å². The molecule has 0 radical (unpaired) electrons. The van der Waals surface area contributed by atoms with Crippen molar-refractivity contribution < 1.29 is 9.18 Å². The van der Waals surface area contributed by atoms with Gasteiger partial charge in [-0.05, 0) is 67.8 Å². The van der Waals surface area contributed by atoms with Crippen LogP contribution in [0, 0.1) is 26.6 Å². The van der Waals surface area contributed by atoms with E-state index in [-0.39, 0.29) is 18.1 Å². The van der Waals surface area contributed by atoms with Crippen LogP contribution in [-0.4, -0.2) is 46.4 Å². The molecule has 5 rings (SSSR count). The molecule has 0 aliphatic carbocycles. The highest BCUT2D eigenvalue weighted by Crippen LogP contribution is 2.28. The molecule has 5 nitrogen and oxygen atoms in total. The zero-order valence-electron chi connectivity index (χ0n) is 19.9. The van der Waals surface area contributed by atoms with Gasteiger partial charge < -0.3 is 14.2 Å². The molecule has 2 aromatic heterocycles. The average Bonchev–Trinajstić information content (AvgIpc) is 3.18. The van der Waals surface area contributed by atoms with Gasteiger partial charge in [0.2, 0.25) is 5.91 Å². The maximum atomic E-state index is 14.2. The number of carbonyl (C=O) groups is 1. The first kappa shape index (κ1) is 22.1. The van der Waals surface area contributed by atoms with E-state index in [1.54, 1.807) is 12.1 Å². The maximum Gasteiger partial charge on any atom is 0.228 e. The van der Waals surface area contributed by atoms with Gasteiger partial charge in [0, 0.05) is 37.9 Å². The Kier molecular flexibility index (Phi) is 5.82. The van der Waals surface area contributed by atoms with Crippen LogP contribution in [0.4, 0.5) is 10.1 Å². The number of para-hydroxylation sites is 1. The van der Waals surface area contributed by atoms with Crippen molar-refractivity contribution in [3.63, 3.8) is 0 Å². The van der Waals surface area contributed by atoms with Crippen LogP contribution >= 0.6 is 0 Å². The fourth-order valence-corrected chi connectivity index (χ4v) is 4.65. The number of hydrogen-bond acceptors (Lipinski definition) is 3. The van der Waals surface area contributed by atoms with Gasteiger partial charge in [-0.15, -0.1) is 0 Å². The minimum absolute atomic E-state index is 0.0700. The largest absolute Gasteiger partial charge is 0.366 e. The van der Waals surface area contributed by atoms with E-state index in [9.17, 15) is 9.18 Å². The van der Waals surface area contributed by atoms with Gasteiger partial charge in [0.15, 0.2) is 0 Å². The molecule has 1 aliphatic heterocycles. The second kappa shape index (κ2) is 8.93. The molecule has 1 amide bonds. The van der Waals surface area contributed by atoms with Crippen molar-refractivity contribution in [1.82, 2.24) is 14.3 Å². The van der Waals surface area contributed by atoms with Gasteiger partial charge in [-0.2, -0.15) is 0 Å². The van der Waals surface area contributed by atoms with Gasteiger partial charge in [0.25, 0.3) is 0 Å². The number of halogens is 1. The fraction of sp³-hybridized carbons (Fsp3) is 0.286. The summed E-state index contributed by atoms with van der Waals surface area (Å²) < 4.78 is 16.2. The molecule has 0 unspecified atom stereocenters. The van der Waals surface area contributed by atoms with Crippen LogP contribution in [0.25, 0.3) is 16.9 Å². The summed E-state index contributed by atoms with van der Waals surface area (Å²) in [6, 6.07) is 17.2. The highest BCUT2D eigenvalue weighted by atomic mass is 19.1. The third-order valence-electron chi connectivity index (χ3n) is 6.81. The van der Waals surface area contributed by atoms with Crippen LogP contribution in [0.5, 0.6) is 0 Å². The number of imidazole rings is 1. The van der Waals surface area contributed by atoms with Crippen LogP contribution in [0.1, 0.15) is 22.4 Å². The number of amides is 1. The Bertz CT molecular complexity index is 1370. The SMILES string of the molecule is Cc1ccn2c(CC(=O)N3CCN(c4ccccc4F)CC3)c(-c3ccc(C)c(C)c3)nc2c1. The molecule has 34 heavy (non-hydrogen) atoms. The predicted molar refractivity (Wildman–Crippen MR) is 134 cm³/mol. The monoisotopic (exact) mass is 456 g/mol. The highest BCUT2D eigenvalue weighted by Gasteiger charge is 2.25. The van der Waals surface area contributed by atoms with Crippen LogP contribution < -0.4 is 4.90 Å². The van der Waals surface area contributed by atoms with E-state index in [0.717, 1.165) is 28.2 Å². The van der Waals surface area contributed by atoms with Gasteiger partial charge in [0.05, 0.1) is 23.5 Å². The summed E-state index contributed by atoms with van der Waals surface area (Å²) in [5.74, 6) is -0.151. The summed E-state index contributed by atoms with van der Waals surface area (Å²) >= 11 is 0. The molecule has 4 aromatic rings. The number of aryl methyl sites for hydroxylation is 3. The Hall–Kier alpha value is -3.67. The number of rotatable bonds is 4. The molecular formula is C28H29FN4O. The molecule has 0 bridgehead atoms. The zero-order chi connectivity index (χ0) is 23.8. The van der Waals surface area contributed by atoms with Gasteiger partial charge in [-0.25, -0.2) is 9.37 Å². The van der Waals surface area contributed by atoms with Crippen LogP contribution in [0.3, 0.4) is 0 Å². The van der Waals surface area contributed by atoms with Crippen molar-refractivity contribution in [3.05, 3.63) is 89.0 Å². The molecule has 3 heterocycles. The Morgan fingerprint density at radius 2 is 1.71 bits per heavy atom. The van der Waals surface area contributed by atoms with Crippen molar-refractivity contribution in [3.8, 4) is 11.3 Å². The quantitative estimate of drug-likeness (QED) is 0.436. The Morgan fingerprint density at radius 1 is 0.941 bits per heavy atom. The molecule has 1 fully saturated rings. The number of hydrogen-bond donors (Lipinski definition) is 0. The van der Waals surface area contributed by atoms with Gasteiger partial charge in [-0.1, -0.05) is 24.3 Å². The summed E-state index contributed by atoms with van der Waals surface area (Å²) in [5, 5.41) is 0. The molecule has 0 N–H and O–H groups in total. The molecule has 2 aromatic carbocycles. The van der Waals surface area contributed by atoms with E-state index in [2.05, 4.69) is 32.0 Å². The molecular weight excluding hydrogens is 427 g/mol. The first-order valence-electron chi connectivity index (χ1n) is 11.7. The third kappa shape index (κ3) is 4.16. The first-order valence-corrected chi connectivity index (χ1v) is 11.7. The summed E-state index contributed by atoms with van der Waals surface area (Å²) in [4.78, 5) is 22.2. The number of anilines is 1.